The van der Waals surface area contributed by atoms with Gasteiger partial charge in [0.15, 0.2) is 0 Å². The van der Waals surface area contributed by atoms with E-state index in [1.54, 1.807) is 18.2 Å². The largest absolute Gasteiger partial charge is 0.506 e. The van der Waals surface area contributed by atoms with E-state index in [-0.39, 0.29) is 0 Å². The third-order valence-electron chi connectivity index (χ3n) is 2.71. The monoisotopic (exact) mass is 437 g/mol. The first kappa shape index (κ1) is 16.8. The first-order chi connectivity index (χ1) is 10.2. The topological polar surface area (TPSA) is 49.3 Å². The van der Waals surface area contributed by atoms with Gasteiger partial charge in [-0.3, -0.25) is 4.79 Å². The number of carbonyl (C=O) groups excluding carboxylic acids is 1. The Morgan fingerprint density at radius 2 is 1.68 bits per heavy atom. The molecule has 3 nitrogen and oxygen atoms in total. The van der Waals surface area contributed by atoms with Gasteiger partial charge >= 0.3 is 6.18 Å². The van der Waals surface area contributed by atoms with Gasteiger partial charge in [-0.25, -0.2) is 0 Å². The van der Waals surface area contributed by atoms with E-state index in [4.69, 9.17) is 0 Å². The number of phenols is 1. The Morgan fingerprint density at radius 3 is 2.23 bits per heavy atom. The highest BCUT2D eigenvalue weighted by Gasteiger charge is 2.35. The average molecular weight is 439 g/mol. The zero-order valence-corrected chi connectivity index (χ0v) is 13.9. The molecule has 2 N–H and O–H groups in total. The van der Waals surface area contributed by atoms with Crippen molar-refractivity contribution in [3.63, 3.8) is 0 Å². The van der Waals surface area contributed by atoms with E-state index in [1.807, 2.05) is 0 Å². The van der Waals surface area contributed by atoms with Gasteiger partial charge in [0, 0.05) is 14.6 Å². The molecule has 0 fully saturated rings. The third kappa shape index (κ3) is 3.80. The maximum absolute atomic E-state index is 12.7. The maximum Gasteiger partial charge on any atom is 0.419 e. The van der Waals surface area contributed by atoms with Crippen molar-refractivity contribution < 1.29 is 23.1 Å². The van der Waals surface area contributed by atoms with Gasteiger partial charge in [-0.1, -0.05) is 37.9 Å². The first-order valence-electron chi connectivity index (χ1n) is 5.85. The van der Waals surface area contributed by atoms with Gasteiger partial charge in [-0.05, 0) is 30.3 Å². The zero-order valence-electron chi connectivity index (χ0n) is 10.7. The quantitative estimate of drug-likeness (QED) is 0.677. The molecule has 22 heavy (non-hydrogen) atoms. The third-order valence-corrected chi connectivity index (χ3v) is 3.62. The minimum Gasteiger partial charge on any atom is -0.506 e. The number of aromatic hydroxyl groups is 1. The summed E-state index contributed by atoms with van der Waals surface area (Å²) in [7, 11) is 0. The van der Waals surface area contributed by atoms with Gasteiger partial charge in [0.05, 0.1) is 11.1 Å². The fraction of sp³-hybridized carbons (Fsp3) is 0.0714. The number of hydrogen-bond acceptors (Lipinski definition) is 2. The summed E-state index contributed by atoms with van der Waals surface area (Å²) < 4.78 is 39.5. The molecule has 0 radical (unpaired) electrons. The molecule has 8 heteroatoms. The molecular formula is C14H8Br2F3NO2. The number of carbonyl (C=O) groups is 1. The molecule has 0 aliphatic carbocycles. The Balaban J connectivity index is 2.34. The lowest BCUT2D eigenvalue weighted by Crippen LogP contribution is -2.14. The van der Waals surface area contributed by atoms with Crippen LogP contribution in [0.1, 0.15) is 15.9 Å². The Kier molecular flexibility index (Phi) is 4.81. The minimum atomic E-state index is -4.74. The van der Waals surface area contributed by atoms with Gasteiger partial charge in [0.25, 0.3) is 5.91 Å². The molecule has 1 amide bonds. The lowest BCUT2D eigenvalue weighted by atomic mass is 10.1. The highest BCUT2D eigenvalue weighted by molar-refractivity contribution is 9.11. The predicted octanol–water partition coefficient (Wildman–Crippen LogP) is 5.19. The van der Waals surface area contributed by atoms with Crippen molar-refractivity contribution in [3.8, 4) is 5.75 Å². The average Bonchev–Trinajstić information content (AvgIpc) is 2.35. The smallest absolute Gasteiger partial charge is 0.419 e. The van der Waals surface area contributed by atoms with Crippen LogP contribution in [0.15, 0.2) is 45.3 Å². The number of benzene rings is 2. The highest BCUT2D eigenvalue weighted by atomic mass is 79.9. The first-order valence-corrected chi connectivity index (χ1v) is 7.43. The summed E-state index contributed by atoms with van der Waals surface area (Å²) in [5.74, 6) is -1.94. The molecule has 0 aromatic heterocycles. The molecule has 0 bridgehead atoms. The van der Waals surface area contributed by atoms with Gasteiger partial charge in [-0.15, -0.1) is 0 Å². The van der Waals surface area contributed by atoms with Crippen LogP contribution >= 0.6 is 31.9 Å². The van der Waals surface area contributed by atoms with Crippen molar-refractivity contribution in [1.82, 2.24) is 0 Å². The van der Waals surface area contributed by atoms with E-state index in [1.165, 1.54) is 0 Å². The molecule has 2 aromatic rings. The molecule has 2 aromatic carbocycles. The molecule has 116 valence electrons. The second-order valence-corrected chi connectivity index (χ2v) is 6.14. The molecule has 0 heterocycles. The highest BCUT2D eigenvalue weighted by Crippen LogP contribution is 2.37. The fourth-order valence-electron chi connectivity index (χ4n) is 1.78. The van der Waals surface area contributed by atoms with Crippen LogP contribution in [0, 0.1) is 0 Å². The van der Waals surface area contributed by atoms with Crippen molar-refractivity contribution in [3.05, 3.63) is 56.5 Å². The van der Waals surface area contributed by atoms with Gasteiger partial charge < -0.3 is 10.4 Å². The summed E-state index contributed by atoms with van der Waals surface area (Å²) in [6.07, 6.45) is -4.74. The number of alkyl halides is 3. The van der Waals surface area contributed by atoms with Gasteiger partial charge in [0.2, 0.25) is 0 Å². The van der Waals surface area contributed by atoms with Crippen LogP contribution in [0.3, 0.4) is 0 Å². The lowest BCUT2D eigenvalue weighted by molar-refractivity contribution is -0.138. The number of anilines is 1. The van der Waals surface area contributed by atoms with E-state index in [0.29, 0.717) is 20.7 Å². The van der Waals surface area contributed by atoms with Crippen molar-refractivity contribution in [1.29, 1.82) is 0 Å². The van der Waals surface area contributed by atoms with Crippen LogP contribution in [-0.4, -0.2) is 11.0 Å². The van der Waals surface area contributed by atoms with E-state index in [0.717, 1.165) is 12.1 Å². The Labute approximate surface area is 140 Å². The Bertz CT molecular complexity index is 712. The summed E-state index contributed by atoms with van der Waals surface area (Å²) in [5.41, 5.74) is -1.34. The molecule has 0 saturated carbocycles. The number of amides is 1. The molecule has 0 spiro atoms. The number of hydrogen-bond donors (Lipinski definition) is 2. The number of halogens is 5. The predicted molar refractivity (Wildman–Crippen MR) is 82.9 cm³/mol. The summed E-state index contributed by atoms with van der Waals surface area (Å²) >= 11 is 6.46. The van der Waals surface area contributed by atoms with Gasteiger partial charge in [0.1, 0.15) is 5.75 Å². The second kappa shape index (κ2) is 6.29. The lowest BCUT2D eigenvalue weighted by Gasteiger charge is -2.12. The van der Waals surface area contributed by atoms with Crippen LogP contribution in [-0.2, 0) is 6.18 Å². The zero-order chi connectivity index (χ0) is 16.5. The normalized spacial score (nSPS) is 11.3. The summed E-state index contributed by atoms with van der Waals surface area (Å²) in [6, 6.07) is 7.78. The van der Waals surface area contributed by atoms with Crippen molar-refractivity contribution in [2.24, 2.45) is 0 Å². The molecule has 0 unspecified atom stereocenters. The summed E-state index contributed by atoms with van der Waals surface area (Å²) in [6.45, 7) is 0. The van der Waals surface area contributed by atoms with Crippen LogP contribution in [0.2, 0.25) is 0 Å². The van der Waals surface area contributed by atoms with Crippen molar-refractivity contribution in [2.75, 3.05) is 5.32 Å². The fourth-order valence-corrected chi connectivity index (χ4v) is 3.07. The number of nitrogens with one attached hydrogen (secondary N) is 1. The Hall–Kier alpha value is -1.54. The van der Waals surface area contributed by atoms with Crippen molar-refractivity contribution >= 4 is 43.5 Å². The van der Waals surface area contributed by atoms with E-state index < -0.39 is 29.0 Å². The summed E-state index contributed by atoms with van der Waals surface area (Å²) in [4.78, 5) is 12.1. The standard InChI is InChI=1S/C14H8Br2F3NO2/c15-7-4-8(16)6-9(5-7)20-13(22)10-2-1-3-11(12(10)21)14(17,18)19/h1-6,21H,(H,20,22). The van der Waals surface area contributed by atoms with E-state index >= 15 is 0 Å². The van der Waals surface area contributed by atoms with Crippen LogP contribution < -0.4 is 5.32 Å². The number of rotatable bonds is 2. The van der Waals surface area contributed by atoms with Crippen LogP contribution in [0.25, 0.3) is 0 Å². The molecule has 0 atom stereocenters. The van der Waals surface area contributed by atoms with Gasteiger partial charge in [-0.2, -0.15) is 13.2 Å². The molecule has 0 aliphatic heterocycles. The molecule has 2 rings (SSSR count). The van der Waals surface area contributed by atoms with E-state index in [2.05, 4.69) is 37.2 Å². The number of phenolic OH excluding ortho intramolecular Hbond substituents is 1. The van der Waals surface area contributed by atoms with Crippen LogP contribution in [0.4, 0.5) is 18.9 Å². The second-order valence-electron chi connectivity index (χ2n) is 4.31. The van der Waals surface area contributed by atoms with Crippen molar-refractivity contribution in [2.45, 2.75) is 6.18 Å². The minimum absolute atomic E-state index is 0.364. The summed E-state index contributed by atoms with van der Waals surface area (Å²) in [5, 5.41) is 12.1. The molecule has 0 saturated heterocycles. The van der Waals surface area contributed by atoms with E-state index in [9.17, 15) is 23.1 Å². The molecule has 0 aliphatic rings. The Morgan fingerprint density at radius 1 is 1.09 bits per heavy atom. The van der Waals surface area contributed by atoms with Crippen LogP contribution in [0.5, 0.6) is 5.75 Å². The SMILES string of the molecule is O=C(Nc1cc(Br)cc(Br)c1)c1cccc(C(F)(F)F)c1O. The number of para-hydroxylation sites is 1. The molecular weight excluding hydrogens is 431 g/mol. The maximum atomic E-state index is 12.7.